The Bertz CT molecular complexity index is 775. The van der Waals surface area contributed by atoms with Gasteiger partial charge in [-0.3, -0.25) is 4.99 Å². The van der Waals surface area contributed by atoms with Gasteiger partial charge in [0.1, 0.15) is 17.7 Å². The molecule has 23 heavy (non-hydrogen) atoms. The number of allylic oxidation sites excluding steroid dienone is 4. The summed E-state index contributed by atoms with van der Waals surface area (Å²) in [4.78, 5) is 6.52. The molecule has 2 rings (SSSR count). The molecule has 0 radical (unpaired) electrons. The SMILES string of the molecule is CC1=NC(C=Cc2ccc(N(C)C)cc2)=CC(=C(C#N)C#N)C1. The molecular weight excluding hydrogens is 284 g/mol. The molecule has 0 amide bonds. The van der Waals surface area contributed by atoms with Crippen LogP contribution in [0.1, 0.15) is 18.9 Å². The summed E-state index contributed by atoms with van der Waals surface area (Å²) in [5, 5.41) is 18.0. The lowest BCUT2D eigenvalue weighted by atomic mass is 10.00. The fourth-order valence-electron chi connectivity index (χ4n) is 2.28. The molecule has 0 fully saturated rings. The third-order valence-corrected chi connectivity index (χ3v) is 3.49. The summed E-state index contributed by atoms with van der Waals surface area (Å²) in [5.41, 5.74) is 4.74. The Kier molecular flexibility index (Phi) is 5.12. The minimum Gasteiger partial charge on any atom is -0.378 e. The largest absolute Gasteiger partial charge is 0.378 e. The van der Waals surface area contributed by atoms with E-state index in [-0.39, 0.29) is 5.57 Å². The van der Waals surface area contributed by atoms with E-state index in [2.05, 4.69) is 17.1 Å². The van der Waals surface area contributed by atoms with Gasteiger partial charge < -0.3 is 4.90 Å². The number of hydrogen-bond donors (Lipinski definition) is 0. The van der Waals surface area contributed by atoms with Crippen LogP contribution >= 0.6 is 0 Å². The fraction of sp³-hybridized carbons (Fsp3) is 0.211. The molecule has 0 atom stereocenters. The lowest BCUT2D eigenvalue weighted by Gasteiger charge is -2.12. The smallest absolute Gasteiger partial charge is 0.133 e. The minimum absolute atomic E-state index is 0.153. The first-order valence-electron chi connectivity index (χ1n) is 7.28. The van der Waals surface area contributed by atoms with Crippen LogP contribution in [-0.4, -0.2) is 19.8 Å². The Labute approximate surface area is 137 Å². The highest BCUT2D eigenvalue weighted by molar-refractivity contribution is 5.88. The molecule has 1 aliphatic heterocycles. The number of anilines is 1. The molecular formula is C19H18N4. The summed E-state index contributed by atoms with van der Waals surface area (Å²) in [5.74, 6) is 0. The van der Waals surface area contributed by atoms with Crippen molar-refractivity contribution in [3.05, 3.63) is 58.8 Å². The van der Waals surface area contributed by atoms with Crippen LogP contribution in [0.15, 0.2) is 58.3 Å². The second kappa shape index (κ2) is 7.24. The van der Waals surface area contributed by atoms with E-state index < -0.39 is 0 Å². The maximum absolute atomic E-state index is 9.01. The van der Waals surface area contributed by atoms with Crippen molar-refractivity contribution in [2.24, 2.45) is 4.99 Å². The van der Waals surface area contributed by atoms with Gasteiger partial charge in [0.05, 0.1) is 5.70 Å². The van der Waals surface area contributed by atoms with Crippen molar-refractivity contribution < 1.29 is 0 Å². The quantitative estimate of drug-likeness (QED) is 0.796. The topological polar surface area (TPSA) is 63.2 Å². The van der Waals surface area contributed by atoms with Crippen molar-refractivity contribution in [3.63, 3.8) is 0 Å². The van der Waals surface area contributed by atoms with Gasteiger partial charge in [-0.15, -0.1) is 0 Å². The molecule has 0 saturated carbocycles. The summed E-state index contributed by atoms with van der Waals surface area (Å²) in [7, 11) is 4.01. The van der Waals surface area contributed by atoms with E-state index in [9.17, 15) is 0 Å². The molecule has 1 aromatic rings. The summed E-state index contributed by atoms with van der Waals surface area (Å²) >= 11 is 0. The normalized spacial score (nSPS) is 13.9. The predicted molar refractivity (Wildman–Crippen MR) is 93.9 cm³/mol. The Balaban J connectivity index is 2.26. The van der Waals surface area contributed by atoms with Crippen molar-refractivity contribution in [3.8, 4) is 12.1 Å². The van der Waals surface area contributed by atoms with Crippen LogP contribution in [0, 0.1) is 22.7 Å². The average molecular weight is 302 g/mol. The van der Waals surface area contributed by atoms with Gasteiger partial charge in [-0.05, 0) is 42.3 Å². The molecule has 1 aliphatic rings. The zero-order chi connectivity index (χ0) is 16.8. The molecule has 0 N–H and O–H groups in total. The third kappa shape index (κ3) is 4.18. The zero-order valence-corrected chi connectivity index (χ0v) is 13.5. The highest BCUT2D eigenvalue weighted by Gasteiger charge is 2.11. The van der Waals surface area contributed by atoms with E-state index in [1.54, 1.807) is 6.08 Å². The number of nitrogens with zero attached hydrogens (tertiary/aromatic N) is 4. The fourth-order valence-corrected chi connectivity index (χ4v) is 2.28. The highest BCUT2D eigenvalue weighted by atomic mass is 15.1. The van der Waals surface area contributed by atoms with Crippen molar-refractivity contribution in [2.45, 2.75) is 13.3 Å². The van der Waals surface area contributed by atoms with Crippen LogP contribution < -0.4 is 4.90 Å². The maximum atomic E-state index is 9.01. The number of aliphatic imine (C=N–C) groups is 1. The molecule has 0 aliphatic carbocycles. The second-order valence-corrected chi connectivity index (χ2v) is 5.54. The van der Waals surface area contributed by atoms with Crippen molar-refractivity contribution in [1.29, 1.82) is 10.5 Å². The highest BCUT2D eigenvalue weighted by Crippen LogP contribution is 2.21. The lowest BCUT2D eigenvalue weighted by molar-refractivity contribution is 1.13. The van der Waals surface area contributed by atoms with Crippen LogP contribution in [0.25, 0.3) is 6.08 Å². The van der Waals surface area contributed by atoms with Crippen LogP contribution in [-0.2, 0) is 0 Å². The van der Waals surface area contributed by atoms with E-state index in [1.165, 1.54) is 0 Å². The number of nitriles is 2. The Morgan fingerprint density at radius 2 is 1.78 bits per heavy atom. The first-order valence-corrected chi connectivity index (χ1v) is 7.28. The third-order valence-electron chi connectivity index (χ3n) is 3.49. The first-order chi connectivity index (χ1) is 11.0. The van der Waals surface area contributed by atoms with Crippen molar-refractivity contribution >= 4 is 17.5 Å². The molecule has 0 unspecified atom stereocenters. The molecule has 114 valence electrons. The second-order valence-electron chi connectivity index (χ2n) is 5.54. The van der Waals surface area contributed by atoms with Crippen LogP contribution in [0.4, 0.5) is 5.69 Å². The van der Waals surface area contributed by atoms with Crippen LogP contribution in [0.5, 0.6) is 0 Å². The van der Waals surface area contributed by atoms with Crippen LogP contribution in [0.3, 0.4) is 0 Å². The summed E-state index contributed by atoms with van der Waals surface area (Å²) in [6.45, 7) is 1.90. The number of benzene rings is 1. The Hall–Kier alpha value is -3.11. The molecule has 0 spiro atoms. The maximum Gasteiger partial charge on any atom is 0.133 e. The van der Waals surface area contributed by atoms with Gasteiger partial charge >= 0.3 is 0 Å². The predicted octanol–water partition coefficient (Wildman–Crippen LogP) is 3.86. The first kappa shape index (κ1) is 16.3. The summed E-state index contributed by atoms with van der Waals surface area (Å²) < 4.78 is 0. The lowest BCUT2D eigenvalue weighted by Crippen LogP contribution is -2.07. The van der Waals surface area contributed by atoms with Crippen molar-refractivity contribution in [2.75, 3.05) is 19.0 Å². The zero-order valence-electron chi connectivity index (χ0n) is 13.5. The monoisotopic (exact) mass is 302 g/mol. The Morgan fingerprint density at radius 3 is 2.35 bits per heavy atom. The standard InChI is InChI=1S/C19H18N4/c1-14-10-16(17(12-20)13-21)11-18(22-14)7-4-15-5-8-19(9-6-15)23(2)3/h4-9,11H,10H2,1-3H3. The van der Waals surface area contributed by atoms with Gasteiger partial charge in [0.25, 0.3) is 0 Å². The van der Waals surface area contributed by atoms with Gasteiger partial charge in [0.2, 0.25) is 0 Å². The van der Waals surface area contributed by atoms with E-state index in [0.717, 1.165) is 28.2 Å². The van der Waals surface area contributed by atoms with Gasteiger partial charge in [-0.25, -0.2) is 0 Å². The van der Waals surface area contributed by atoms with Gasteiger partial charge in [0.15, 0.2) is 0 Å². The van der Waals surface area contributed by atoms with E-state index >= 15 is 0 Å². The van der Waals surface area contributed by atoms with Gasteiger partial charge in [-0.1, -0.05) is 18.2 Å². The van der Waals surface area contributed by atoms with E-state index in [1.807, 2.05) is 62.3 Å². The molecule has 0 saturated heterocycles. The summed E-state index contributed by atoms with van der Waals surface area (Å²) in [6, 6.07) is 12.1. The number of rotatable bonds is 3. The van der Waals surface area contributed by atoms with Gasteiger partial charge in [0, 0.05) is 31.9 Å². The minimum atomic E-state index is 0.153. The summed E-state index contributed by atoms with van der Waals surface area (Å²) in [6.07, 6.45) is 6.23. The molecule has 4 nitrogen and oxygen atoms in total. The average Bonchev–Trinajstić information content (AvgIpc) is 2.54. The molecule has 1 aromatic carbocycles. The molecule has 1 heterocycles. The molecule has 0 bridgehead atoms. The van der Waals surface area contributed by atoms with Crippen LogP contribution in [0.2, 0.25) is 0 Å². The molecule has 0 aromatic heterocycles. The van der Waals surface area contributed by atoms with E-state index in [0.29, 0.717) is 6.42 Å². The van der Waals surface area contributed by atoms with E-state index in [4.69, 9.17) is 10.5 Å². The molecule has 4 heteroatoms. The number of hydrogen-bond acceptors (Lipinski definition) is 4. The Morgan fingerprint density at radius 1 is 1.13 bits per heavy atom. The van der Waals surface area contributed by atoms with Gasteiger partial charge in [-0.2, -0.15) is 10.5 Å². The van der Waals surface area contributed by atoms with Crippen molar-refractivity contribution in [1.82, 2.24) is 0 Å².